The van der Waals surface area contributed by atoms with Gasteiger partial charge >= 0.3 is 6.18 Å². The molecule has 2 aromatic rings. The number of amides is 2. The molecule has 0 N–H and O–H groups in total. The topological polar surface area (TPSA) is 37.4 Å². The molecule has 0 unspecified atom stereocenters. The number of carbonyl (C=O) groups is 2. The second-order valence-electron chi connectivity index (χ2n) is 4.87. The Kier molecular flexibility index (Phi) is 4.03. The minimum Gasteiger partial charge on any atom is -0.268 e. The van der Waals surface area contributed by atoms with Gasteiger partial charge in [-0.3, -0.25) is 9.59 Å². The molecule has 2 amide bonds. The molecule has 0 aliphatic carbocycles. The van der Waals surface area contributed by atoms with E-state index in [4.69, 9.17) is 0 Å². The molecule has 1 aliphatic rings. The first kappa shape index (κ1) is 17.1. The zero-order chi connectivity index (χ0) is 17.8. The Labute approximate surface area is 149 Å². The first-order chi connectivity index (χ1) is 11.1. The average Bonchev–Trinajstić information content (AvgIpc) is 2.71. The van der Waals surface area contributed by atoms with Gasteiger partial charge in [-0.05, 0) is 34.1 Å². The highest BCUT2D eigenvalue weighted by Gasteiger charge is 2.43. The van der Waals surface area contributed by atoms with Crippen LogP contribution in [0.15, 0.2) is 39.3 Å². The van der Waals surface area contributed by atoms with E-state index in [1.54, 1.807) is 0 Å². The second-order valence-corrected chi connectivity index (χ2v) is 6.51. The quantitative estimate of drug-likeness (QED) is 0.429. The molecule has 0 fully saturated rings. The lowest BCUT2D eigenvalue weighted by atomic mass is 10.1. The smallest absolute Gasteiger partial charge is 0.268 e. The van der Waals surface area contributed by atoms with Crippen LogP contribution >= 0.6 is 31.9 Å². The molecule has 3 rings (SSSR count). The van der Waals surface area contributed by atoms with Crippen LogP contribution in [-0.4, -0.2) is 11.8 Å². The second kappa shape index (κ2) is 5.66. The van der Waals surface area contributed by atoms with Gasteiger partial charge in [0.15, 0.2) is 0 Å². The summed E-state index contributed by atoms with van der Waals surface area (Å²) in [5.41, 5.74) is -1.97. The molecule has 0 spiro atoms. The number of hydrogen-bond donors (Lipinski definition) is 0. The standard InChI is InChI=1S/C15H5Br2F4NO2/c16-8-5-9(18)12(11(17)10(8)15(19,20)21)22-13(23)6-3-1-2-4-7(6)14(22)24/h1-5H. The summed E-state index contributed by atoms with van der Waals surface area (Å²) < 4.78 is 52.6. The summed E-state index contributed by atoms with van der Waals surface area (Å²) in [4.78, 5) is 25.2. The Morgan fingerprint density at radius 1 is 0.958 bits per heavy atom. The fourth-order valence-electron chi connectivity index (χ4n) is 2.44. The summed E-state index contributed by atoms with van der Waals surface area (Å²) in [6.45, 7) is 0. The summed E-state index contributed by atoms with van der Waals surface area (Å²) in [6.07, 6.45) is -4.82. The van der Waals surface area contributed by atoms with Crippen LogP contribution in [0.1, 0.15) is 26.3 Å². The zero-order valence-electron chi connectivity index (χ0n) is 11.4. The van der Waals surface area contributed by atoms with Gasteiger partial charge in [0, 0.05) is 4.47 Å². The van der Waals surface area contributed by atoms with Crippen LogP contribution in [-0.2, 0) is 6.18 Å². The number of fused-ring (bicyclic) bond motifs is 1. The fraction of sp³-hybridized carbons (Fsp3) is 0.0667. The first-order valence-electron chi connectivity index (χ1n) is 6.37. The molecule has 0 radical (unpaired) electrons. The number of hydrogen-bond acceptors (Lipinski definition) is 2. The van der Waals surface area contributed by atoms with Crippen molar-refractivity contribution in [1.29, 1.82) is 0 Å². The largest absolute Gasteiger partial charge is 0.418 e. The molecular formula is C15H5Br2F4NO2. The van der Waals surface area contributed by atoms with E-state index in [9.17, 15) is 27.2 Å². The maximum absolute atomic E-state index is 14.3. The number of imide groups is 1. The summed E-state index contributed by atoms with van der Waals surface area (Å²) in [5, 5.41) is 0. The highest BCUT2D eigenvalue weighted by Crippen LogP contribution is 2.46. The molecule has 9 heteroatoms. The predicted molar refractivity (Wildman–Crippen MR) is 84.4 cm³/mol. The third-order valence-corrected chi connectivity index (χ3v) is 4.84. The number of anilines is 1. The van der Waals surface area contributed by atoms with Gasteiger partial charge in [-0.25, -0.2) is 9.29 Å². The van der Waals surface area contributed by atoms with Crippen molar-refractivity contribution in [3.8, 4) is 0 Å². The van der Waals surface area contributed by atoms with Gasteiger partial charge in [-0.15, -0.1) is 0 Å². The van der Waals surface area contributed by atoms with Gasteiger partial charge in [-0.1, -0.05) is 28.1 Å². The van der Waals surface area contributed by atoms with Crippen LogP contribution in [0.3, 0.4) is 0 Å². The van der Waals surface area contributed by atoms with Gasteiger partial charge < -0.3 is 0 Å². The fourth-order valence-corrected chi connectivity index (χ4v) is 4.13. The van der Waals surface area contributed by atoms with E-state index in [1.165, 1.54) is 24.3 Å². The minimum atomic E-state index is -4.82. The van der Waals surface area contributed by atoms with Crippen molar-refractivity contribution in [3.05, 3.63) is 61.8 Å². The van der Waals surface area contributed by atoms with Gasteiger partial charge in [0.2, 0.25) is 0 Å². The van der Waals surface area contributed by atoms with E-state index in [2.05, 4.69) is 31.9 Å². The van der Waals surface area contributed by atoms with Crippen LogP contribution in [0.2, 0.25) is 0 Å². The summed E-state index contributed by atoms with van der Waals surface area (Å²) in [7, 11) is 0. The molecule has 1 aliphatic heterocycles. The predicted octanol–water partition coefficient (Wildman–Crippen LogP) is 5.17. The lowest BCUT2D eigenvalue weighted by Crippen LogP contribution is -2.31. The number of carbonyl (C=O) groups excluding carboxylic acids is 2. The van der Waals surface area contributed by atoms with Crippen molar-refractivity contribution in [3.63, 3.8) is 0 Å². The molecule has 1 heterocycles. The van der Waals surface area contributed by atoms with E-state index >= 15 is 0 Å². The summed E-state index contributed by atoms with van der Waals surface area (Å²) in [6, 6.07) is 6.28. The molecular weight excluding hydrogens is 462 g/mol. The van der Waals surface area contributed by atoms with Crippen molar-refractivity contribution >= 4 is 49.4 Å². The normalized spacial score (nSPS) is 14.3. The lowest BCUT2D eigenvalue weighted by molar-refractivity contribution is -0.138. The van der Waals surface area contributed by atoms with Gasteiger partial charge in [0.05, 0.1) is 21.2 Å². The van der Waals surface area contributed by atoms with Crippen molar-refractivity contribution in [1.82, 2.24) is 0 Å². The van der Waals surface area contributed by atoms with E-state index in [1.807, 2.05) is 0 Å². The summed E-state index contributed by atoms with van der Waals surface area (Å²) >= 11 is 5.35. The monoisotopic (exact) mass is 465 g/mol. The Balaban J connectivity index is 2.26. The van der Waals surface area contributed by atoms with E-state index in [0.717, 1.165) is 0 Å². The van der Waals surface area contributed by atoms with Crippen LogP contribution in [0.25, 0.3) is 0 Å². The molecule has 24 heavy (non-hydrogen) atoms. The van der Waals surface area contributed by atoms with Crippen LogP contribution in [0, 0.1) is 5.82 Å². The van der Waals surface area contributed by atoms with Crippen molar-refractivity contribution in [2.24, 2.45) is 0 Å². The number of alkyl halides is 3. The van der Waals surface area contributed by atoms with Crippen LogP contribution < -0.4 is 4.90 Å². The highest BCUT2D eigenvalue weighted by molar-refractivity contribution is 9.11. The van der Waals surface area contributed by atoms with E-state index < -0.39 is 44.0 Å². The summed E-state index contributed by atoms with van der Waals surface area (Å²) in [5.74, 6) is -2.91. The molecule has 0 aromatic heterocycles. The molecule has 0 saturated carbocycles. The number of halogens is 6. The zero-order valence-corrected chi connectivity index (χ0v) is 14.6. The number of nitrogens with zero attached hydrogens (tertiary/aromatic N) is 1. The lowest BCUT2D eigenvalue weighted by Gasteiger charge is -2.21. The van der Waals surface area contributed by atoms with Gasteiger partial charge in [0.25, 0.3) is 11.8 Å². The Hall–Kier alpha value is -1.74. The average molecular weight is 467 g/mol. The van der Waals surface area contributed by atoms with Crippen molar-refractivity contribution in [2.75, 3.05) is 4.90 Å². The maximum Gasteiger partial charge on any atom is 0.418 e. The van der Waals surface area contributed by atoms with Crippen LogP contribution in [0.4, 0.5) is 23.2 Å². The first-order valence-corrected chi connectivity index (χ1v) is 7.95. The van der Waals surface area contributed by atoms with Crippen molar-refractivity contribution in [2.45, 2.75) is 6.18 Å². The Bertz CT molecular complexity index is 861. The molecule has 0 saturated heterocycles. The third-order valence-electron chi connectivity index (χ3n) is 3.45. The molecule has 3 nitrogen and oxygen atoms in total. The van der Waals surface area contributed by atoms with Crippen LogP contribution in [0.5, 0.6) is 0 Å². The number of benzene rings is 2. The van der Waals surface area contributed by atoms with E-state index in [0.29, 0.717) is 11.0 Å². The third kappa shape index (κ3) is 2.46. The van der Waals surface area contributed by atoms with Gasteiger partial charge in [0.1, 0.15) is 11.5 Å². The molecule has 0 atom stereocenters. The number of rotatable bonds is 1. The maximum atomic E-state index is 14.3. The molecule has 124 valence electrons. The highest BCUT2D eigenvalue weighted by atomic mass is 79.9. The minimum absolute atomic E-state index is 0.00489. The van der Waals surface area contributed by atoms with Gasteiger partial charge in [-0.2, -0.15) is 13.2 Å². The Morgan fingerprint density at radius 2 is 1.46 bits per heavy atom. The molecule has 2 aromatic carbocycles. The SMILES string of the molecule is O=C1c2ccccc2C(=O)N1c1c(F)cc(Br)c(C(F)(F)F)c1Br. The van der Waals surface area contributed by atoms with Crippen molar-refractivity contribution < 1.29 is 27.2 Å². The Morgan fingerprint density at radius 3 is 1.92 bits per heavy atom. The molecule has 0 bridgehead atoms. The van der Waals surface area contributed by atoms with E-state index in [-0.39, 0.29) is 11.1 Å².